The normalized spacial score (nSPS) is 51.5. The lowest BCUT2D eigenvalue weighted by molar-refractivity contribution is -0.316. The minimum absolute atomic E-state index is 0.0137. The number of cyclic esters (lactones) is 1. The van der Waals surface area contributed by atoms with Crippen LogP contribution in [0.15, 0.2) is 11.6 Å². The standard InChI is InChI=1S/C34H48O11/c1-17-27(42-18(2)35)28(39-6)29(43-19(3)36)30(41-17)44-22-7-10-31(4)21(14-22)15-25-34(45-25)24(31)9-11-32(5)23(8-12-33(32,34)38)20-13-26(37)40-16-20/h13,17,21-25,27-30,38H,7-12,14-16H2,1-6H3. The van der Waals surface area contributed by atoms with Gasteiger partial charge in [0, 0.05) is 32.4 Å². The molecule has 7 aliphatic rings. The van der Waals surface area contributed by atoms with E-state index in [1.165, 1.54) is 21.0 Å². The number of epoxide rings is 1. The number of methoxy groups -OCH3 is 1. The van der Waals surface area contributed by atoms with Crippen LogP contribution < -0.4 is 0 Å². The van der Waals surface area contributed by atoms with Crippen LogP contribution in [-0.2, 0) is 47.5 Å². The van der Waals surface area contributed by atoms with E-state index in [2.05, 4.69) is 13.8 Å². The molecule has 4 saturated carbocycles. The first-order valence-electron chi connectivity index (χ1n) is 16.7. The Morgan fingerprint density at radius 2 is 1.71 bits per heavy atom. The van der Waals surface area contributed by atoms with E-state index in [1.54, 1.807) is 13.0 Å². The molecule has 6 fully saturated rings. The van der Waals surface area contributed by atoms with Gasteiger partial charge in [-0.15, -0.1) is 0 Å². The Morgan fingerprint density at radius 1 is 0.978 bits per heavy atom. The number of rotatable bonds is 6. The molecule has 0 aromatic rings. The topological polar surface area (TPSA) is 139 Å². The van der Waals surface area contributed by atoms with Gasteiger partial charge in [-0.3, -0.25) is 9.59 Å². The van der Waals surface area contributed by atoms with E-state index < -0.39 is 53.8 Å². The smallest absolute Gasteiger partial charge is 0.331 e. The zero-order chi connectivity index (χ0) is 32.1. The van der Waals surface area contributed by atoms with Crippen molar-refractivity contribution in [1.82, 2.24) is 0 Å². The van der Waals surface area contributed by atoms with E-state index in [9.17, 15) is 19.5 Å². The van der Waals surface area contributed by atoms with E-state index in [-0.39, 0.29) is 40.8 Å². The van der Waals surface area contributed by atoms with Gasteiger partial charge in [0.25, 0.3) is 0 Å². The summed E-state index contributed by atoms with van der Waals surface area (Å²) in [6.07, 6.45) is 4.42. The summed E-state index contributed by atoms with van der Waals surface area (Å²) in [7, 11) is 1.50. The molecule has 0 radical (unpaired) electrons. The minimum atomic E-state index is -0.955. The number of aliphatic hydroxyl groups is 1. The average molecular weight is 633 g/mol. The van der Waals surface area contributed by atoms with Gasteiger partial charge in [0.05, 0.1) is 18.3 Å². The maximum atomic E-state index is 12.7. The van der Waals surface area contributed by atoms with E-state index in [4.69, 9.17) is 33.2 Å². The van der Waals surface area contributed by atoms with E-state index in [1.807, 2.05) is 0 Å². The van der Waals surface area contributed by atoms with Crippen LogP contribution in [0, 0.1) is 28.6 Å². The number of esters is 3. The highest BCUT2D eigenvalue weighted by atomic mass is 16.7. The van der Waals surface area contributed by atoms with Crippen LogP contribution in [0.4, 0.5) is 0 Å². The summed E-state index contributed by atoms with van der Waals surface area (Å²) in [6.45, 7) is 9.37. The second-order valence-corrected chi connectivity index (χ2v) is 15.2. The van der Waals surface area contributed by atoms with Gasteiger partial charge < -0.3 is 38.3 Å². The predicted octanol–water partition coefficient (Wildman–Crippen LogP) is 3.38. The Balaban J connectivity index is 1.08. The van der Waals surface area contributed by atoms with Crippen molar-refractivity contribution in [3.05, 3.63) is 11.6 Å². The molecule has 2 saturated heterocycles. The lowest BCUT2D eigenvalue weighted by atomic mass is 9.43. The summed E-state index contributed by atoms with van der Waals surface area (Å²) in [4.78, 5) is 35.8. The molecule has 11 heteroatoms. The summed E-state index contributed by atoms with van der Waals surface area (Å²) in [5.41, 5.74) is -0.895. The maximum absolute atomic E-state index is 12.7. The van der Waals surface area contributed by atoms with Crippen molar-refractivity contribution in [2.75, 3.05) is 13.7 Å². The minimum Gasteiger partial charge on any atom is -0.458 e. The Bertz CT molecular complexity index is 1280. The van der Waals surface area contributed by atoms with Gasteiger partial charge in [0.2, 0.25) is 0 Å². The molecular weight excluding hydrogens is 584 g/mol. The van der Waals surface area contributed by atoms with E-state index in [0.29, 0.717) is 18.9 Å². The molecule has 0 aromatic carbocycles. The van der Waals surface area contributed by atoms with E-state index >= 15 is 0 Å². The van der Waals surface area contributed by atoms with Crippen LogP contribution in [0.5, 0.6) is 0 Å². The number of fused-ring (bicyclic) bond motifs is 3. The second kappa shape index (κ2) is 10.7. The fraction of sp³-hybridized carbons (Fsp3) is 0.853. The van der Waals surface area contributed by atoms with Crippen molar-refractivity contribution < 1.29 is 52.6 Å². The Hall–Kier alpha value is -2.05. The van der Waals surface area contributed by atoms with Gasteiger partial charge >= 0.3 is 17.9 Å². The van der Waals surface area contributed by atoms with Crippen LogP contribution >= 0.6 is 0 Å². The summed E-state index contributed by atoms with van der Waals surface area (Å²) < 4.78 is 41.7. The molecule has 1 spiro atoms. The van der Waals surface area contributed by atoms with Crippen LogP contribution in [0.25, 0.3) is 0 Å². The summed E-state index contributed by atoms with van der Waals surface area (Å²) >= 11 is 0. The van der Waals surface area contributed by atoms with E-state index in [0.717, 1.165) is 50.5 Å². The Morgan fingerprint density at radius 3 is 2.38 bits per heavy atom. The monoisotopic (exact) mass is 632 g/mol. The van der Waals surface area contributed by atoms with Gasteiger partial charge in [-0.05, 0) is 87.0 Å². The summed E-state index contributed by atoms with van der Waals surface area (Å²) in [6, 6.07) is 0. The highest BCUT2D eigenvalue weighted by Gasteiger charge is 2.84. The molecule has 11 nitrogen and oxygen atoms in total. The van der Waals surface area contributed by atoms with Crippen molar-refractivity contribution in [3.8, 4) is 0 Å². The molecule has 0 aromatic heterocycles. The van der Waals surface area contributed by atoms with Crippen molar-refractivity contribution in [2.45, 2.75) is 140 Å². The lowest BCUT2D eigenvalue weighted by Crippen LogP contribution is -2.68. The number of carbonyl (C=O) groups is 3. The molecule has 45 heavy (non-hydrogen) atoms. The number of hydrogen-bond acceptors (Lipinski definition) is 11. The van der Waals surface area contributed by atoms with Crippen molar-refractivity contribution in [1.29, 1.82) is 0 Å². The fourth-order valence-corrected chi connectivity index (χ4v) is 11.1. The molecule has 250 valence electrons. The Labute approximate surface area is 264 Å². The van der Waals surface area contributed by atoms with Crippen LogP contribution in [0.3, 0.4) is 0 Å². The molecule has 3 heterocycles. The molecular formula is C34H48O11. The zero-order valence-corrected chi connectivity index (χ0v) is 27.2. The fourth-order valence-electron chi connectivity index (χ4n) is 11.1. The van der Waals surface area contributed by atoms with Crippen molar-refractivity contribution in [3.63, 3.8) is 0 Å². The second-order valence-electron chi connectivity index (χ2n) is 15.2. The SMILES string of the molecule is COC1C(OC(C)=O)C(C)OC(OC2CCC3(C)C(C2)CC2OC24C3CCC2(C)C(C3=CC(=O)OC3)CCC24O)C1OC(C)=O. The molecule has 14 atom stereocenters. The predicted molar refractivity (Wildman–Crippen MR) is 156 cm³/mol. The molecule has 7 rings (SSSR count). The first-order chi connectivity index (χ1) is 21.3. The molecule has 0 bridgehead atoms. The Kier molecular flexibility index (Phi) is 7.53. The highest BCUT2D eigenvalue weighted by Crippen LogP contribution is 2.77. The third kappa shape index (κ3) is 4.50. The van der Waals surface area contributed by atoms with Gasteiger partial charge in [-0.2, -0.15) is 0 Å². The van der Waals surface area contributed by atoms with Crippen molar-refractivity contribution >= 4 is 17.9 Å². The highest BCUT2D eigenvalue weighted by molar-refractivity contribution is 5.85. The first kappa shape index (κ1) is 31.5. The third-order valence-corrected chi connectivity index (χ3v) is 13.2. The van der Waals surface area contributed by atoms with Crippen LogP contribution in [0.2, 0.25) is 0 Å². The first-order valence-corrected chi connectivity index (χ1v) is 16.7. The van der Waals surface area contributed by atoms with Crippen LogP contribution in [-0.4, -0.2) is 90.8 Å². The van der Waals surface area contributed by atoms with Gasteiger partial charge in [-0.1, -0.05) is 13.8 Å². The van der Waals surface area contributed by atoms with Gasteiger partial charge in [-0.25, -0.2) is 4.79 Å². The third-order valence-electron chi connectivity index (χ3n) is 13.2. The van der Waals surface area contributed by atoms with Crippen molar-refractivity contribution in [2.24, 2.45) is 28.6 Å². The lowest BCUT2D eigenvalue weighted by Gasteiger charge is -2.62. The molecule has 0 amide bonds. The molecule has 1 N–H and O–H groups in total. The molecule has 4 aliphatic carbocycles. The summed E-state index contributed by atoms with van der Waals surface area (Å²) in [5, 5.41) is 12.7. The van der Waals surface area contributed by atoms with Crippen LogP contribution in [0.1, 0.15) is 86.0 Å². The number of ether oxygens (including phenoxy) is 7. The van der Waals surface area contributed by atoms with Gasteiger partial charge in [0.15, 0.2) is 18.5 Å². The maximum Gasteiger partial charge on any atom is 0.331 e. The zero-order valence-electron chi connectivity index (χ0n) is 27.2. The number of carbonyl (C=O) groups excluding carboxylic acids is 3. The summed E-state index contributed by atoms with van der Waals surface area (Å²) in [5.74, 6) is -0.581. The molecule has 14 unspecified atom stereocenters. The molecule has 3 aliphatic heterocycles. The average Bonchev–Trinajstić information content (AvgIpc) is 3.41. The number of hydrogen-bond donors (Lipinski definition) is 1. The quantitative estimate of drug-likeness (QED) is 0.200. The van der Waals surface area contributed by atoms with Gasteiger partial charge in [0.1, 0.15) is 23.9 Å². The largest absolute Gasteiger partial charge is 0.458 e.